The first kappa shape index (κ1) is 18.2. The molecule has 140 valence electrons. The number of carbonyl (C=O) groups excluding carboxylic acids is 1. The lowest BCUT2D eigenvalue weighted by Crippen LogP contribution is -2.40. The molecule has 0 saturated heterocycles. The summed E-state index contributed by atoms with van der Waals surface area (Å²) in [6.07, 6.45) is -3.77. The van der Waals surface area contributed by atoms with E-state index >= 15 is 0 Å². The molecule has 1 aliphatic carbocycles. The van der Waals surface area contributed by atoms with Gasteiger partial charge in [-0.2, -0.15) is 13.2 Å². The van der Waals surface area contributed by atoms with Gasteiger partial charge in [0.15, 0.2) is 0 Å². The topological polar surface area (TPSA) is 103 Å². The van der Waals surface area contributed by atoms with Crippen molar-refractivity contribution >= 4 is 6.03 Å². The summed E-state index contributed by atoms with van der Waals surface area (Å²) in [4.78, 5) is 15.1. The van der Waals surface area contributed by atoms with E-state index in [1.54, 1.807) is 0 Å². The van der Waals surface area contributed by atoms with Crippen molar-refractivity contribution in [1.82, 2.24) is 25.8 Å². The molecule has 0 radical (unpaired) electrons. The van der Waals surface area contributed by atoms with Gasteiger partial charge in [0.25, 0.3) is 5.82 Å². The average Bonchev–Trinajstić information content (AvgIpc) is 3.25. The Labute approximate surface area is 147 Å². The van der Waals surface area contributed by atoms with Gasteiger partial charge in [0.1, 0.15) is 5.82 Å². The average molecular weight is 369 g/mol. The van der Waals surface area contributed by atoms with Crippen molar-refractivity contribution < 1.29 is 23.1 Å². The van der Waals surface area contributed by atoms with E-state index < -0.39 is 29.6 Å². The Bertz CT molecular complexity index is 759. The zero-order valence-corrected chi connectivity index (χ0v) is 13.7. The molecule has 1 heterocycles. The summed E-state index contributed by atoms with van der Waals surface area (Å²) in [7, 11) is 0. The molecule has 1 unspecified atom stereocenters. The third-order valence-electron chi connectivity index (χ3n) is 4.39. The molecule has 7 nitrogen and oxygen atoms in total. The minimum atomic E-state index is -4.64. The fourth-order valence-electron chi connectivity index (χ4n) is 2.68. The number of urea groups is 1. The molecule has 1 saturated carbocycles. The van der Waals surface area contributed by atoms with Gasteiger partial charge in [-0.25, -0.2) is 9.78 Å². The van der Waals surface area contributed by atoms with Crippen molar-refractivity contribution in [3.05, 3.63) is 47.5 Å². The van der Waals surface area contributed by atoms with E-state index in [2.05, 4.69) is 25.8 Å². The number of aromatic nitrogens is 3. The SMILES string of the molecule is O=C(NCc1nc(C(F)(F)F)n[nH]1)NCC1(C(O)c2ccccc2)CC1. The van der Waals surface area contributed by atoms with Gasteiger partial charge in [-0.1, -0.05) is 30.3 Å². The van der Waals surface area contributed by atoms with E-state index in [9.17, 15) is 23.1 Å². The molecule has 3 rings (SSSR count). The van der Waals surface area contributed by atoms with Crippen LogP contribution in [-0.2, 0) is 12.7 Å². The number of aliphatic hydroxyl groups is 1. The first-order chi connectivity index (χ1) is 12.3. The molecule has 1 fully saturated rings. The molecule has 1 aromatic carbocycles. The number of benzene rings is 1. The van der Waals surface area contributed by atoms with Crippen molar-refractivity contribution in [2.24, 2.45) is 5.41 Å². The van der Waals surface area contributed by atoms with Crippen LogP contribution in [0.1, 0.15) is 36.2 Å². The fraction of sp³-hybridized carbons (Fsp3) is 0.438. The molecule has 2 amide bonds. The van der Waals surface area contributed by atoms with Crippen LogP contribution in [0.4, 0.5) is 18.0 Å². The summed E-state index contributed by atoms with van der Waals surface area (Å²) < 4.78 is 37.2. The summed E-state index contributed by atoms with van der Waals surface area (Å²) in [5, 5.41) is 20.7. The monoisotopic (exact) mass is 369 g/mol. The van der Waals surface area contributed by atoms with Crippen molar-refractivity contribution in [1.29, 1.82) is 0 Å². The fourth-order valence-corrected chi connectivity index (χ4v) is 2.68. The van der Waals surface area contributed by atoms with Crippen LogP contribution in [0.5, 0.6) is 0 Å². The molecule has 0 aliphatic heterocycles. The lowest BCUT2D eigenvalue weighted by atomic mass is 9.93. The molecule has 1 atom stereocenters. The zero-order chi connectivity index (χ0) is 18.8. The minimum absolute atomic E-state index is 0.0991. The quantitative estimate of drug-likeness (QED) is 0.626. The molecule has 10 heteroatoms. The number of carbonyl (C=O) groups is 1. The molecule has 0 spiro atoms. The van der Waals surface area contributed by atoms with E-state index in [0.717, 1.165) is 18.4 Å². The van der Waals surface area contributed by atoms with Crippen LogP contribution in [0.2, 0.25) is 0 Å². The smallest absolute Gasteiger partial charge is 0.388 e. The number of nitrogens with zero attached hydrogens (tertiary/aromatic N) is 2. The van der Waals surface area contributed by atoms with Crippen molar-refractivity contribution in [3.8, 4) is 0 Å². The summed E-state index contributed by atoms with van der Waals surface area (Å²) in [5.74, 6) is -1.38. The Morgan fingerprint density at radius 2 is 1.96 bits per heavy atom. The van der Waals surface area contributed by atoms with Crippen LogP contribution < -0.4 is 10.6 Å². The highest BCUT2D eigenvalue weighted by atomic mass is 19.4. The van der Waals surface area contributed by atoms with Gasteiger partial charge in [0.2, 0.25) is 0 Å². The van der Waals surface area contributed by atoms with Gasteiger partial charge in [-0.15, -0.1) is 5.10 Å². The number of aliphatic hydroxyl groups excluding tert-OH is 1. The molecule has 26 heavy (non-hydrogen) atoms. The molecule has 4 N–H and O–H groups in total. The molecule has 0 bridgehead atoms. The second kappa shape index (κ2) is 6.94. The maximum Gasteiger partial charge on any atom is 0.453 e. The van der Waals surface area contributed by atoms with Gasteiger partial charge in [-0.3, -0.25) is 5.10 Å². The minimum Gasteiger partial charge on any atom is -0.388 e. The number of hydrogen-bond donors (Lipinski definition) is 4. The standard InChI is InChI=1S/C16H18F3N5O2/c17-16(18,19)13-22-11(23-24-13)8-20-14(26)21-9-15(6-7-15)12(25)10-4-2-1-3-5-10/h1-5,12,25H,6-9H2,(H2,20,21,26)(H,22,23,24). The molecule has 2 aromatic rings. The summed E-state index contributed by atoms with van der Waals surface area (Å²) in [6, 6.07) is 8.62. The number of H-pyrrole nitrogens is 1. The first-order valence-electron chi connectivity index (χ1n) is 8.03. The van der Waals surface area contributed by atoms with E-state index in [0.29, 0.717) is 0 Å². The third-order valence-corrected chi connectivity index (χ3v) is 4.39. The van der Waals surface area contributed by atoms with E-state index in [1.807, 2.05) is 30.3 Å². The van der Waals surface area contributed by atoms with Gasteiger partial charge in [0, 0.05) is 12.0 Å². The Balaban J connectivity index is 1.48. The largest absolute Gasteiger partial charge is 0.453 e. The first-order valence-corrected chi connectivity index (χ1v) is 8.03. The Hall–Kier alpha value is -2.62. The van der Waals surface area contributed by atoms with E-state index in [1.165, 1.54) is 0 Å². The Morgan fingerprint density at radius 1 is 1.27 bits per heavy atom. The van der Waals surface area contributed by atoms with Crippen LogP contribution in [-0.4, -0.2) is 32.9 Å². The van der Waals surface area contributed by atoms with Crippen molar-refractivity contribution in [2.45, 2.75) is 31.7 Å². The van der Waals surface area contributed by atoms with Crippen LogP contribution in [0.3, 0.4) is 0 Å². The van der Waals surface area contributed by atoms with Crippen LogP contribution in [0.25, 0.3) is 0 Å². The third kappa shape index (κ3) is 4.13. The highest BCUT2D eigenvalue weighted by Gasteiger charge is 2.49. The normalized spacial score (nSPS) is 16.8. The van der Waals surface area contributed by atoms with Crippen LogP contribution in [0, 0.1) is 5.41 Å². The van der Waals surface area contributed by atoms with Gasteiger partial charge in [-0.05, 0) is 18.4 Å². The summed E-state index contributed by atoms with van der Waals surface area (Å²) in [5.41, 5.74) is 0.377. The Morgan fingerprint density at radius 3 is 2.54 bits per heavy atom. The predicted molar refractivity (Wildman–Crippen MR) is 84.7 cm³/mol. The number of halogens is 3. The summed E-state index contributed by atoms with van der Waals surface area (Å²) in [6.45, 7) is 0.0439. The molecular formula is C16H18F3N5O2. The summed E-state index contributed by atoms with van der Waals surface area (Å²) >= 11 is 0. The molecular weight excluding hydrogens is 351 g/mol. The predicted octanol–water partition coefficient (Wildman–Crippen LogP) is 2.14. The number of amides is 2. The lowest BCUT2D eigenvalue weighted by Gasteiger charge is -2.23. The van der Waals surface area contributed by atoms with Crippen molar-refractivity contribution in [3.63, 3.8) is 0 Å². The highest BCUT2D eigenvalue weighted by Crippen LogP contribution is 2.54. The number of hydrogen-bond acceptors (Lipinski definition) is 4. The van der Waals surface area contributed by atoms with Crippen LogP contribution >= 0.6 is 0 Å². The highest BCUT2D eigenvalue weighted by molar-refractivity contribution is 5.73. The van der Waals surface area contributed by atoms with Gasteiger partial charge in [0.05, 0.1) is 12.6 Å². The maximum absolute atomic E-state index is 12.4. The number of nitrogens with one attached hydrogen (secondary N) is 3. The Kier molecular flexibility index (Phi) is 4.86. The van der Waals surface area contributed by atoms with Gasteiger partial charge < -0.3 is 15.7 Å². The van der Waals surface area contributed by atoms with E-state index in [-0.39, 0.29) is 18.9 Å². The maximum atomic E-state index is 12.4. The van der Waals surface area contributed by atoms with E-state index in [4.69, 9.17) is 0 Å². The number of aromatic amines is 1. The number of alkyl halides is 3. The second-order valence-corrected chi connectivity index (χ2v) is 6.32. The number of rotatable bonds is 6. The lowest BCUT2D eigenvalue weighted by molar-refractivity contribution is -0.144. The van der Waals surface area contributed by atoms with Crippen molar-refractivity contribution in [2.75, 3.05) is 6.54 Å². The zero-order valence-electron chi connectivity index (χ0n) is 13.7. The van der Waals surface area contributed by atoms with Crippen LogP contribution in [0.15, 0.2) is 30.3 Å². The second-order valence-electron chi connectivity index (χ2n) is 6.32. The van der Waals surface area contributed by atoms with Gasteiger partial charge >= 0.3 is 12.2 Å². The molecule has 1 aliphatic rings. The molecule has 1 aromatic heterocycles.